The van der Waals surface area contributed by atoms with Crippen LogP contribution in [-0.2, 0) is 9.59 Å². The first kappa shape index (κ1) is 21.4. The Hall–Kier alpha value is -3.82. The summed E-state index contributed by atoms with van der Waals surface area (Å²) >= 11 is 0. The van der Waals surface area contributed by atoms with Gasteiger partial charge >= 0.3 is 0 Å². The zero-order valence-corrected chi connectivity index (χ0v) is 17.4. The third kappa shape index (κ3) is 4.58. The van der Waals surface area contributed by atoms with Crippen LogP contribution < -0.4 is 10.6 Å². The molecule has 3 heterocycles. The molecular weight excluding hydrogens is 412 g/mol. The van der Waals surface area contributed by atoms with Gasteiger partial charge in [-0.2, -0.15) is 0 Å². The second-order valence-electron chi connectivity index (χ2n) is 7.72. The molecule has 0 saturated carbocycles. The molecule has 0 spiro atoms. The lowest BCUT2D eigenvalue weighted by Gasteiger charge is -2.41. The van der Waals surface area contributed by atoms with E-state index in [0.29, 0.717) is 18.5 Å². The highest BCUT2D eigenvalue weighted by Gasteiger charge is 2.39. The number of carbonyl (C=O) groups is 4. The second-order valence-corrected chi connectivity index (χ2v) is 7.72. The number of benzene rings is 1. The van der Waals surface area contributed by atoms with Crippen molar-refractivity contribution in [1.82, 2.24) is 30.4 Å². The minimum atomic E-state index is -0.938. The van der Waals surface area contributed by atoms with Crippen LogP contribution in [0.4, 0.5) is 0 Å². The maximum absolute atomic E-state index is 13.2. The first-order valence-corrected chi connectivity index (χ1v) is 10.5. The Morgan fingerprint density at radius 2 is 1.88 bits per heavy atom. The molecule has 2 aliphatic heterocycles. The second kappa shape index (κ2) is 9.54. The number of piperidine rings is 1. The van der Waals surface area contributed by atoms with Gasteiger partial charge in [0.15, 0.2) is 0 Å². The van der Waals surface area contributed by atoms with Crippen molar-refractivity contribution in [1.29, 1.82) is 0 Å². The normalized spacial score (nSPS) is 20.9. The largest absolute Gasteiger partial charge is 0.354 e. The molecule has 166 valence electrons. The minimum absolute atomic E-state index is 0.00580. The monoisotopic (exact) mass is 436 g/mol. The number of amides is 4. The van der Waals surface area contributed by atoms with Crippen LogP contribution in [0.5, 0.6) is 0 Å². The summed E-state index contributed by atoms with van der Waals surface area (Å²) in [6, 6.07) is 7.08. The van der Waals surface area contributed by atoms with Gasteiger partial charge in [-0.1, -0.05) is 18.2 Å². The van der Waals surface area contributed by atoms with E-state index in [1.54, 1.807) is 30.3 Å². The van der Waals surface area contributed by atoms with Crippen molar-refractivity contribution in [2.45, 2.75) is 24.9 Å². The molecule has 2 fully saturated rings. The highest BCUT2D eigenvalue weighted by Crippen LogP contribution is 2.17. The summed E-state index contributed by atoms with van der Waals surface area (Å²) < 4.78 is 0. The van der Waals surface area contributed by atoms with E-state index in [-0.39, 0.29) is 43.0 Å². The van der Waals surface area contributed by atoms with Crippen LogP contribution in [0.1, 0.15) is 33.7 Å². The zero-order valence-electron chi connectivity index (χ0n) is 17.4. The fraction of sp³-hybridized carbons (Fsp3) is 0.364. The molecule has 0 unspecified atom stereocenters. The molecular formula is C22H24N6O4. The molecule has 2 aliphatic rings. The van der Waals surface area contributed by atoms with Gasteiger partial charge in [0.1, 0.15) is 17.8 Å². The molecule has 0 aliphatic carbocycles. The number of nitrogens with one attached hydrogen (secondary N) is 2. The fourth-order valence-corrected chi connectivity index (χ4v) is 3.93. The number of hydrogen-bond acceptors (Lipinski definition) is 6. The van der Waals surface area contributed by atoms with Crippen molar-refractivity contribution in [2.75, 3.05) is 26.2 Å². The molecule has 4 amide bonds. The highest BCUT2D eigenvalue weighted by molar-refractivity contribution is 5.99. The first-order valence-electron chi connectivity index (χ1n) is 10.5. The SMILES string of the molecule is O=C1NCCC[C@@H]1NC(=O)[C@@H]1CN(C(=O)c2cnccn2)CCN1C(=O)c1ccccc1. The van der Waals surface area contributed by atoms with E-state index in [4.69, 9.17) is 0 Å². The van der Waals surface area contributed by atoms with Gasteiger partial charge in [-0.3, -0.25) is 24.2 Å². The summed E-state index contributed by atoms with van der Waals surface area (Å²) in [7, 11) is 0. The zero-order chi connectivity index (χ0) is 22.5. The van der Waals surface area contributed by atoms with Crippen LogP contribution in [0.15, 0.2) is 48.9 Å². The Labute approximate surface area is 185 Å². The summed E-state index contributed by atoms with van der Waals surface area (Å²) in [4.78, 5) is 62.3. The number of carbonyl (C=O) groups excluding carboxylic acids is 4. The standard InChI is InChI=1S/C22H24N6O4/c29-19-16(7-4-8-25-19)26-20(30)18-14-27(22(32)17-13-23-9-10-24-17)11-12-28(18)21(31)15-5-2-1-3-6-15/h1-3,5-6,9-10,13,16,18H,4,7-8,11-12,14H2,(H,25,29)(H,26,30)/t16-,18-/m0/s1. The van der Waals surface area contributed by atoms with Gasteiger partial charge in [-0.15, -0.1) is 0 Å². The molecule has 1 aromatic heterocycles. The molecule has 10 heteroatoms. The van der Waals surface area contributed by atoms with Gasteiger partial charge < -0.3 is 20.4 Å². The van der Waals surface area contributed by atoms with Crippen LogP contribution >= 0.6 is 0 Å². The van der Waals surface area contributed by atoms with Crippen molar-refractivity contribution in [3.05, 3.63) is 60.2 Å². The van der Waals surface area contributed by atoms with Crippen molar-refractivity contribution in [2.24, 2.45) is 0 Å². The van der Waals surface area contributed by atoms with E-state index in [0.717, 1.165) is 6.42 Å². The average molecular weight is 436 g/mol. The number of hydrogen-bond donors (Lipinski definition) is 2. The third-order valence-corrected chi connectivity index (χ3v) is 5.64. The first-order chi connectivity index (χ1) is 15.5. The lowest BCUT2D eigenvalue weighted by Crippen LogP contribution is -2.63. The van der Waals surface area contributed by atoms with E-state index < -0.39 is 18.0 Å². The Morgan fingerprint density at radius 3 is 2.59 bits per heavy atom. The molecule has 4 rings (SSSR count). The lowest BCUT2D eigenvalue weighted by atomic mass is 10.0. The fourth-order valence-electron chi connectivity index (χ4n) is 3.93. The molecule has 2 saturated heterocycles. The van der Waals surface area contributed by atoms with E-state index in [2.05, 4.69) is 20.6 Å². The topological polar surface area (TPSA) is 125 Å². The van der Waals surface area contributed by atoms with Crippen LogP contribution in [0, 0.1) is 0 Å². The smallest absolute Gasteiger partial charge is 0.274 e. The Morgan fingerprint density at radius 1 is 1.06 bits per heavy atom. The number of aromatic nitrogens is 2. The highest BCUT2D eigenvalue weighted by atomic mass is 16.2. The molecule has 32 heavy (non-hydrogen) atoms. The third-order valence-electron chi connectivity index (χ3n) is 5.64. The van der Waals surface area contributed by atoms with Gasteiger partial charge in [-0.25, -0.2) is 4.98 Å². The van der Waals surface area contributed by atoms with E-state index in [1.165, 1.54) is 28.4 Å². The van der Waals surface area contributed by atoms with E-state index in [9.17, 15) is 19.2 Å². The van der Waals surface area contributed by atoms with Crippen LogP contribution in [0.25, 0.3) is 0 Å². The van der Waals surface area contributed by atoms with E-state index >= 15 is 0 Å². The summed E-state index contributed by atoms with van der Waals surface area (Å²) in [5.41, 5.74) is 0.621. The van der Waals surface area contributed by atoms with Crippen LogP contribution in [0.2, 0.25) is 0 Å². The Kier molecular flexibility index (Phi) is 6.39. The molecule has 0 bridgehead atoms. The van der Waals surface area contributed by atoms with Crippen LogP contribution in [-0.4, -0.2) is 81.7 Å². The molecule has 1 aromatic carbocycles. The van der Waals surface area contributed by atoms with Gasteiger partial charge in [0, 0.05) is 37.6 Å². The molecule has 0 radical (unpaired) electrons. The molecule has 2 aromatic rings. The number of nitrogens with zero attached hydrogens (tertiary/aromatic N) is 4. The Bertz CT molecular complexity index is 1000. The van der Waals surface area contributed by atoms with Crippen molar-refractivity contribution >= 4 is 23.6 Å². The van der Waals surface area contributed by atoms with Crippen molar-refractivity contribution < 1.29 is 19.2 Å². The van der Waals surface area contributed by atoms with Crippen molar-refractivity contribution in [3.8, 4) is 0 Å². The van der Waals surface area contributed by atoms with Crippen LogP contribution in [0.3, 0.4) is 0 Å². The average Bonchev–Trinajstić information content (AvgIpc) is 2.85. The van der Waals surface area contributed by atoms with Gasteiger partial charge in [0.2, 0.25) is 11.8 Å². The summed E-state index contributed by atoms with van der Waals surface area (Å²) in [6.07, 6.45) is 5.54. The summed E-state index contributed by atoms with van der Waals surface area (Å²) in [6.45, 7) is 0.998. The molecule has 2 N–H and O–H groups in total. The lowest BCUT2D eigenvalue weighted by molar-refractivity contribution is -0.133. The maximum atomic E-state index is 13.2. The summed E-state index contributed by atoms with van der Waals surface area (Å²) in [5.74, 6) is -1.37. The number of rotatable bonds is 4. The van der Waals surface area contributed by atoms with Gasteiger partial charge in [-0.05, 0) is 25.0 Å². The Balaban J connectivity index is 1.56. The molecule has 10 nitrogen and oxygen atoms in total. The van der Waals surface area contributed by atoms with E-state index in [1.807, 2.05) is 0 Å². The molecule has 2 atom stereocenters. The maximum Gasteiger partial charge on any atom is 0.274 e. The predicted octanol–water partition coefficient (Wildman–Crippen LogP) is -0.162. The minimum Gasteiger partial charge on any atom is -0.354 e. The van der Waals surface area contributed by atoms with Gasteiger partial charge in [0.05, 0.1) is 12.7 Å². The predicted molar refractivity (Wildman–Crippen MR) is 113 cm³/mol. The summed E-state index contributed by atoms with van der Waals surface area (Å²) in [5, 5.41) is 5.50. The number of piperazine rings is 1. The van der Waals surface area contributed by atoms with Crippen molar-refractivity contribution in [3.63, 3.8) is 0 Å². The quantitative estimate of drug-likeness (QED) is 0.686. The van der Waals surface area contributed by atoms with Gasteiger partial charge in [0.25, 0.3) is 11.8 Å².